The fourth-order valence-corrected chi connectivity index (χ4v) is 1.57. The Morgan fingerprint density at radius 3 is 2.71 bits per heavy atom. The van der Waals surface area contributed by atoms with E-state index in [1.807, 2.05) is 18.8 Å². The molecule has 1 fully saturated rings. The molecule has 0 aromatic rings. The summed E-state index contributed by atoms with van der Waals surface area (Å²) in [6.07, 6.45) is 0. The van der Waals surface area contributed by atoms with Gasteiger partial charge in [-0.2, -0.15) is 0 Å². The first-order chi connectivity index (χ1) is 3.30. The Balaban J connectivity index is 2.33. The Morgan fingerprint density at radius 1 is 1.86 bits per heavy atom. The maximum Gasteiger partial charge on any atom is 0.105 e. The number of hydrogen-bond acceptors (Lipinski definition) is 3. The fourth-order valence-electron chi connectivity index (χ4n) is 0.572. The van der Waals surface area contributed by atoms with Gasteiger partial charge in [0, 0.05) is 12.3 Å². The van der Waals surface area contributed by atoms with Gasteiger partial charge in [0.15, 0.2) is 0 Å². The molecule has 0 aliphatic carbocycles. The zero-order valence-electron chi connectivity index (χ0n) is 4.42. The molecule has 0 amide bonds. The number of hydrogen-bond donors (Lipinski definition) is 1. The lowest BCUT2D eigenvalue weighted by molar-refractivity contribution is 0.358. The molecule has 1 atom stereocenters. The second-order valence-corrected chi connectivity index (χ2v) is 2.97. The molecule has 0 bridgehead atoms. The Labute approximate surface area is 48.1 Å². The lowest BCUT2D eigenvalue weighted by Gasteiger charge is -2.10. The summed E-state index contributed by atoms with van der Waals surface area (Å²) in [5, 5.41) is 0. The van der Waals surface area contributed by atoms with Crippen LogP contribution >= 0.6 is 11.8 Å². The maximum atomic E-state index is 5.57. The van der Waals surface area contributed by atoms with Gasteiger partial charge in [-0.25, -0.2) is 0 Å². The summed E-state index contributed by atoms with van der Waals surface area (Å²) in [5.74, 6) is 1.19. The largest absolute Gasteiger partial charge is 0.307 e. The fraction of sp³-hybridized carbons (Fsp3) is 1.00. The third-order valence-corrected chi connectivity index (χ3v) is 2.29. The monoisotopic (exact) mass is 118 g/mol. The van der Waals surface area contributed by atoms with Gasteiger partial charge in [-0.15, -0.1) is 11.8 Å². The zero-order chi connectivity index (χ0) is 5.28. The van der Waals surface area contributed by atoms with Crippen molar-refractivity contribution in [3.05, 3.63) is 0 Å². The molecule has 1 aliphatic rings. The Hall–Kier alpha value is 0.270. The van der Waals surface area contributed by atoms with Crippen LogP contribution in [0.5, 0.6) is 0 Å². The summed E-state index contributed by atoms with van der Waals surface area (Å²) < 4.78 is 0. The van der Waals surface area contributed by atoms with Crippen LogP contribution in [0, 0.1) is 0 Å². The van der Waals surface area contributed by atoms with E-state index in [1.165, 1.54) is 5.75 Å². The average molecular weight is 118 g/mol. The lowest BCUT2D eigenvalue weighted by atomic mass is 10.7. The maximum absolute atomic E-state index is 5.57. The predicted octanol–water partition coefficient (Wildman–Crippen LogP) is -0.0927. The third-order valence-electron chi connectivity index (χ3n) is 1.17. The first kappa shape index (κ1) is 5.41. The summed E-state index contributed by atoms with van der Waals surface area (Å²) in [7, 11) is 2.05. The van der Waals surface area contributed by atoms with E-state index in [9.17, 15) is 0 Å². The highest BCUT2D eigenvalue weighted by Crippen LogP contribution is 2.15. The van der Waals surface area contributed by atoms with Crippen molar-refractivity contribution in [2.75, 3.05) is 19.3 Å². The Morgan fingerprint density at radius 2 is 2.57 bits per heavy atom. The Kier molecular flexibility index (Phi) is 1.57. The number of thioether (sulfide) groups is 1. The number of nitrogens with two attached hydrogens (primary N) is 1. The van der Waals surface area contributed by atoms with Gasteiger partial charge in [-0.1, -0.05) is 0 Å². The molecule has 42 valence electrons. The zero-order valence-corrected chi connectivity index (χ0v) is 5.24. The second kappa shape index (κ2) is 2.03. The van der Waals surface area contributed by atoms with Crippen LogP contribution in [-0.4, -0.2) is 29.7 Å². The van der Waals surface area contributed by atoms with Crippen LogP contribution in [-0.2, 0) is 0 Å². The summed E-state index contributed by atoms with van der Waals surface area (Å²) >= 11 is 1.81. The molecule has 0 aromatic carbocycles. The van der Waals surface area contributed by atoms with Gasteiger partial charge in [-0.05, 0) is 7.05 Å². The van der Waals surface area contributed by atoms with Crippen LogP contribution in [0.1, 0.15) is 0 Å². The van der Waals surface area contributed by atoms with Crippen LogP contribution in [0.4, 0.5) is 0 Å². The molecule has 2 nitrogen and oxygen atoms in total. The third kappa shape index (κ3) is 1.08. The van der Waals surface area contributed by atoms with Crippen LogP contribution in [0.25, 0.3) is 0 Å². The van der Waals surface area contributed by atoms with E-state index in [1.54, 1.807) is 0 Å². The highest BCUT2D eigenvalue weighted by Gasteiger charge is 2.15. The van der Waals surface area contributed by atoms with Crippen molar-refractivity contribution in [2.24, 2.45) is 5.73 Å². The number of rotatable bonds is 0. The van der Waals surface area contributed by atoms with Crippen molar-refractivity contribution in [1.29, 1.82) is 0 Å². The van der Waals surface area contributed by atoms with Gasteiger partial charge in [0.25, 0.3) is 0 Å². The topological polar surface area (TPSA) is 29.3 Å². The molecule has 2 N–H and O–H groups in total. The van der Waals surface area contributed by atoms with Gasteiger partial charge in [-0.3, -0.25) is 4.90 Å². The van der Waals surface area contributed by atoms with E-state index >= 15 is 0 Å². The molecule has 0 spiro atoms. The van der Waals surface area contributed by atoms with Crippen LogP contribution in [0.15, 0.2) is 0 Å². The molecule has 0 radical (unpaired) electrons. The minimum absolute atomic E-state index is 0.264. The highest BCUT2D eigenvalue weighted by molar-refractivity contribution is 8.00. The first-order valence-electron chi connectivity index (χ1n) is 2.38. The van der Waals surface area contributed by atoms with Crippen molar-refractivity contribution in [3.63, 3.8) is 0 Å². The second-order valence-electron chi connectivity index (χ2n) is 1.74. The van der Waals surface area contributed by atoms with E-state index in [-0.39, 0.29) is 5.50 Å². The molecule has 0 unspecified atom stereocenters. The SMILES string of the molecule is CN1CCS[C@H]1N. The quantitative estimate of drug-likeness (QED) is 0.482. The van der Waals surface area contributed by atoms with Crippen molar-refractivity contribution >= 4 is 11.8 Å². The molecule has 7 heavy (non-hydrogen) atoms. The van der Waals surface area contributed by atoms with Crippen LogP contribution in [0.2, 0.25) is 0 Å². The van der Waals surface area contributed by atoms with Gasteiger partial charge in [0.2, 0.25) is 0 Å². The van der Waals surface area contributed by atoms with Gasteiger partial charge in [0.1, 0.15) is 5.50 Å². The average Bonchev–Trinajstić information content (AvgIpc) is 1.91. The lowest BCUT2D eigenvalue weighted by Crippen LogP contribution is -2.30. The summed E-state index contributed by atoms with van der Waals surface area (Å²) in [4.78, 5) is 2.14. The summed E-state index contributed by atoms with van der Waals surface area (Å²) in [5.41, 5.74) is 5.83. The minimum Gasteiger partial charge on any atom is -0.307 e. The first-order valence-corrected chi connectivity index (χ1v) is 3.43. The van der Waals surface area contributed by atoms with Crippen LogP contribution < -0.4 is 5.73 Å². The minimum atomic E-state index is 0.264. The highest BCUT2D eigenvalue weighted by atomic mass is 32.2. The standard InChI is InChI=1S/C4H10N2S/c1-6-2-3-7-4(6)5/h4H,2-3,5H2,1H3/t4-/m0/s1. The van der Waals surface area contributed by atoms with Gasteiger partial charge in [0.05, 0.1) is 0 Å². The smallest absolute Gasteiger partial charge is 0.105 e. The molecular formula is C4H10N2S. The van der Waals surface area contributed by atoms with Crippen molar-refractivity contribution in [1.82, 2.24) is 4.90 Å². The number of nitrogens with zero attached hydrogens (tertiary/aromatic N) is 1. The van der Waals surface area contributed by atoms with Gasteiger partial charge >= 0.3 is 0 Å². The van der Waals surface area contributed by atoms with Gasteiger partial charge < -0.3 is 5.73 Å². The summed E-state index contributed by atoms with van der Waals surface area (Å²) in [6.45, 7) is 1.14. The molecule has 3 heteroatoms. The van der Waals surface area contributed by atoms with E-state index in [2.05, 4.69) is 4.90 Å². The molecule has 0 saturated carbocycles. The van der Waals surface area contributed by atoms with Crippen molar-refractivity contribution in [2.45, 2.75) is 5.50 Å². The Bertz CT molecular complexity index is 58.7. The molecular weight excluding hydrogens is 108 g/mol. The molecule has 1 heterocycles. The normalized spacial score (nSPS) is 34.3. The summed E-state index contributed by atoms with van der Waals surface area (Å²) in [6, 6.07) is 0. The van der Waals surface area contributed by atoms with E-state index in [4.69, 9.17) is 5.73 Å². The molecule has 0 aromatic heterocycles. The van der Waals surface area contributed by atoms with Crippen molar-refractivity contribution in [3.8, 4) is 0 Å². The molecule has 1 aliphatic heterocycles. The molecule has 1 saturated heterocycles. The van der Waals surface area contributed by atoms with E-state index < -0.39 is 0 Å². The predicted molar refractivity (Wildman–Crippen MR) is 33.1 cm³/mol. The van der Waals surface area contributed by atoms with Crippen molar-refractivity contribution < 1.29 is 0 Å². The van der Waals surface area contributed by atoms with Crippen LogP contribution in [0.3, 0.4) is 0 Å². The van der Waals surface area contributed by atoms with E-state index in [0.717, 1.165) is 6.54 Å². The van der Waals surface area contributed by atoms with E-state index in [0.29, 0.717) is 0 Å². The molecule has 1 rings (SSSR count).